The Hall–Kier alpha value is -1.55. The Labute approximate surface area is 104 Å². The van der Waals surface area contributed by atoms with Crippen molar-refractivity contribution in [2.24, 2.45) is 5.92 Å². The van der Waals surface area contributed by atoms with Gasteiger partial charge in [0, 0.05) is 23.0 Å². The second kappa shape index (κ2) is 4.75. The molecule has 0 saturated carbocycles. The van der Waals surface area contributed by atoms with E-state index in [1.54, 1.807) is 12.1 Å². The number of benzene rings is 1. The normalized spacial score (nSPS) is 18.4. The SMILES string of the molecule is O=C(O)CCC1Cc2ccc(Cl)cc2NC1=O. The molecule has 0 fully saturated rings. The summed E-state index contributed by atoms with van der Waals surface area (Å²) in [5.74, 6) is -1.26. The summed E-state index contributed by atoms with van der Waals surface area (Å²) in [5.41, 5.74) is 1.73. The van der Waals surface area contributed by atoms with Gasteiger partial charge in [-0.25, -0.2) is 0 Å². The molecule has 1 unspecified atom stereocenters. The average Bonchev–Trinajstić information content (AvgIpc) is 2.26. The molecule has 2 N–H and O–H groups in total. The van der Waals surface area contributed by atoms with Gasteiger partial charge in [-0.2, -0.15) is 0 Å². The number of carboxylic acid groups (broad SMARTS) is 1. The van der Waals surface area contributed by atoms with Crippen molar-refractivity contribution in [2.45, 2.75) is 19.3 Å². The summed E-state index contributed by atoms with van der Waals surface area (Å²) in [4.78, 5) is 22.2. The lowest BCUT2D eigenvalue weighted by molar-refractivity contribution is -0.137. The topological polar surface area (TPSA) is 66.4 Å². The molecular formula is C12H12ClNO3. The third-order valence-corrected chi connectivity index (χ3v) is 3.11. The molecule has 1 aliphatic heterocycles. The van der Waals surface area contributed by atoms with Gasteiger partial charge < -0.3 is 10.4 Å². The molecule has 5 heteroatoms. The third-order valence-electron chi connectivity index (χ3n) is 2.87. The number of fused-ring (bicyclic) bond motifs is 1. The molecule has 1 aliphatic rings. The number of halogens is 1. The van der Waals surface area contributed by atoms with Gasteiger partial charge in [0.1, 0.15) is 0 Å². The van der Waals surface area contributed by atoms with Crippen LogP contribution in [0.1, 0.15) is 18.4 Å². The number of carbonyl (C=O) groups excluding carboxylic acids is 1. The summed E-state index contributed by atoms with van der Waals surface area (Å²) in [6.45, 7) is 0. The van der Waals surface area contributed by atoms with E-state index in [4.69, 9.17) is 16.7 Å². The zero-order valence-electron chi connectivity index (χ0n) is 9.07. The number of nitrogens with one attached hydrogen (secondary N) is 1. The summed E-state index contributed by atoms with van der Waals surface area (Å²) in [6, 6.07) is 5.35. The van der Waals surface area contributed by atoms with Crippen LogP contribution < -0.4 is 5.32 Å². The Morgan fingerprint density at radius 2 is 2.29 bits per heavy atom. The van der Waals surface area contributed by atoms with E-state index in [1.165, 1.54) is 0 Å². The number of carbonyl (C=O) groups is 2. The molecule has 2 rings (SSSR count). The monoisotopic (exact) mass is 253 g/mol. The lowest BCUT2D eigenvalue weighted by Crippen LogP contribution is -2.30. The second-order valence-electron chi connectivity index (χ2n) is 4.12. The van der Waals surface area contributed by atoms with Crippen LogP contribution in [-0.2, 0) is 16.0 Å². The fourth-order valence-corrected chi connectivity index (χ4v) is 2.14. The maximum Gasteiger partial charge on any atom is 0.303 e. The van der Waals surface area contributed by atoms with Crippen LogP contribution >= 0.6 is 11.6 Å². The average molecular weight is 254 g/mol. The molecule has 0 spiro atoms. The molecule has 1 atom stereocenters. The molecule has 0 aliphatic carbocycles. The first-order chi connectivity index (χ1) is 8.06. The zero-order chi connectivity index (χ0) is 12.4. The minimum atomic E-state index is -0.875. The van der Waals surface area contributed by atoms with Crippen LogP contribution in [0.5, 0.6) is 0 Å². The number of amides is 1. The Kier molecular flexibility index (Phi) is 3.33. The lowest BCUT2D eigenvalue weighted by Gasteiger charge is -2.24. The molecule has 1 aromatic carbocycles. The van der Waals surface area contributed by atoms with Gasteiger partial charge in [-0.3, -0.25) is 9.59 Å². The van der Waals surface area contributed by atoms with E-state index in [0.29, 0.717) is 17.9 Å². The highest BCUT2D eigenvalue weighted by atomic mass is 35.5. The summed E-state index contributed by atoms with van der Waals surface area (Å²) in [5, 5.41) is 11.9. The fourth-order valence-electron chi connectivity index (χ4n) is 1.97. The highest BCUT2D eigenvalue weighted by Crippen LogP contribution is 2.29. The number of carboxylic acids is 1. The smallest absolute Gasteiger partial charge is 0.303 e. The van der Waals surface area contributed by atoms with E-state index in [0.717, 1.165) is 11.3 Å². The van der Waals surface area contributed by atoms with Crippen molar-refractivity contribution in [2.75, 3.05) is 5.32 Å². The summed E-state index contributed by atoms with van der Waals surface area (Å²) >= 11 is 5.83. The summed E-state index contributed by atoms with van der Waals surface area (Å²) in [6.07, 6.45) is 0.954. The lowest BCUT2D eigenvalue weighted by atomic mass is 9.90. The molecule has 1 amide bonds. The first-order valence-electron chi connectivity index (χ1n) is 5.37. The van der Waals surface area contributed by atoms with Gasteiger partial charge in [0.25, 0.3) is 0 Å². The van der Waals surface area contributed by atoms with Crippen molar-refractivity contribution < 1.29 is 14.7 Å². The molecule has 0 bridgehead atoms. The largest absolute Gasteiger partial charge is 0.481 e. The molecular weight excluding hydrogens is 242 g/mol. The third kappa shape index (κ3) is 2.77. The van der Waals surface area contributed by atoms with Gasteiger partial charge in [0.05, 0.1) is 0 Å². The van der Waals surface area contributed by atoms with E-state index in [1.807, 2.05) is 6.07 Å². The van der Waals surface area contributed by atoms with Gasteiger partial charge in [-0.05, 0) is 30.5 Å². The first kappa shape index (κ1) is 11.9. The maximum atomic E-state index is 11.7. The van der Waals surface area contributed by atoms with Gasteiger partial charge in [-0.1, -0.05) is 17.7 Å². The van der Waals surface area contributed by atoms with Crippen molar-refractivity contribution in [1.29, 1.82) is 0 Å². The summed E-state index contributed by atoms with van der Waals surface area (Å²) in [7, 11) is 0. The van der Waals surface area contributed by atoms with Crippen LogP contribution in [0.15, 0.2) is 18.2 Å². The molecule has 17 heavy (non-hydrogen) atoms. The molecule has 0 aromatic heterocycles. The van der Waals surface area contributed by atoms with Crippen molar-refractivity contribution in [3.63, 3.8) is 0 Å². The van der Waals surface area contributed by atoms with Crippen molar-refractivity contribution in [3.05, 3.63) is 28.8 Å². The highest BCUT2D eigenvalue weighted by molar-refractivity contribution is 6.31. The standard InChI is InChI=1S/C12H12ClNO3/c13-9-3-1-7-5-8(2-4-11(15)16)12(17)14-10(7)6-9/h1,3,6,8H,2,4-5H2,(H,14,17)(H,15,16). The van der Waals surface area contributed by atoms with E-state index < -0.39 is 5.97 Å². The van der Waals surface area contributed by atoms with Crippen LogP contribution in [0.4, 0.5) is 5.69 Å². The second-order valence-corrected chi connectivity index (χ2v) is 4.56. The van der Waals surface area contributed by atoms with Gasteiger partial charge in [0.15, 0.2) is 0 Å². The van der Waals surface area contributed by atoms with E-state index in [2.05, 4.69) is 5.32 Å². The minimum Gasteiger partial charge on any atom is -0.481 e. The Balaban J connectivity index is 2.13. The Morgan fingerprint density at radius 3 is 3.00 bits per heavy atom. The minimum absolute atomic E-state index is 0.0149. The molecule has 1 aromatic rings. The number of aliphatic carboxylic acids is 1. The van der Waals surface area contributed by atoms with Crippen LogP contribution in [0.2, 0.25) is 5.02 Å². The molecule has 90 valence electrons. The zero-order valence-corrected chi connectivity index (χ0v) is 9.83. The summed E-state index contributed by atoms with van der Waals surface area (Å²) < 4.78 is 0. The number of hydrogen-bond donors (Lipinski definition) is 2. The molecule has 4 nitrogen and oxygen atoms in total. The fraction of sp³-hybridized carbons (Fsp3) is 0.333. The predicted octanol–water partition coefficient (Wildman–Crippen LogP) is 2.32. The Bertz CT molecular complexity index is 473. The number of hydrogen-bond acceptors (Lipinski definition) is 2. The molecule has 1 heterocycles. The predicted molar refractivity (Wildman–Crippen MR) is 64.1 cm³/mol. The maximum absolute atomic E-state index is 11.7. The van der Waals surface area contributed by atoms with E-state index in [-0.39, 0.29) is 18.2 Å². The van der Waals surface area contributed by atoms with Crippen molar-refractivity contribution >= 4 is 29.2 Å². The highest BCUT2D eigenvalue weighted by Gasteiger charge is 2.26. The van der Waals surface area contributed by atoms with Gasteiger partial charge in [-0.15, -0.1) is 0 Å². The van der Waals surface area contributed by atoms with Crippen molar-refractivity contribution in [1.82, 2.24) is 0 Å². The Morgan fingerprint density at radius 1 is 1.53 bits per heavy atom. The quantitative estimate of drug-likeness (QED) is 0.869. The van der Waals surface area contributed by atoms with Crippen LogP contribution in [-0.4, -0.2) is 17.0 Å². The molecule has 0 saturated heterocycles. The van der Waals surface area contributed by atoms with Gasteiger partial charge in [0.2, 0.25) is 5.91 Å². The first-order valence-corrected chi connectivity index (χ1v) is 5.75. The van der Waals surface area contributed by atoms with E-state index in [9.17, 15) is 9.59 Å². The van der Waals surface area contributed by atoms with E-state index >= 15 is 0 Å². The van der Waals surface area contributed by atoms with Crippen LogP contribution in [0.3, 0.4) is 0 Å². The van der Waals surface area contributed by atoms with Crippen LogP contribution in [0.25, 0.3) is 0 Å². The van der Waals surface area contributed by atoms with Gasteiger partial charge >= 0.3 is 5.97 Å². The van der Waals surface area contributed by atoms with Crippen molar-refractivity contribution in [3.8, 4) is 0 Å². The van der Waals surface area contributed by atoms with Crippen LogP contribution in [0, 0.1) is 5.92 Å². The number of rotatable bonds is 3. The number of anilines is 1. The molecule has 0 radical (unpaired) electrons.